The van der Waals surface area contributed by atoms with Crippen molar-refractivity contribution in [2.75, 3.05) is 18.5 Å². The number of amides is 3. The largest absolute Gasteiger partial charge is 0.456 e. The quantitative estimate of drug-likeness (QED) is 0.436. The molecule has 0 fully saturated rings. The highest BCUT2D eigenvalue weighted by molar-refractivity contribution is 6.25. The third-order valence-corrected chi connectivity index (χ3v) is 5.21. The van der Waals surface area contributed by atoms with Gasteiger partial charge in [0.2, 0.25) is 0 Å². The zero-order chi connectivity index (χ0) is 23.5. The molecule has 0 saturated heterocycles. The van der Waals surface area contributed by atoms with Crippen LogP contribution in [0.3, 0.4) is 0 Å². The highest BCUT2D eigenvalue weighted by Crippen LogP contribution is 2.30. The van der Waals surface area contributed by atoms with Gasteiger partial charge in [0.1, 0.15) is 17.3 Å². The van der Waals surface area contributed by atoms with E-state index in [0.29, 0.717) is 16.5 Å². The summed E-state index contributed by atoms with van der Waals surface area (Å²) in [6.07, 6.45) is -0.0394. The van der Waals surface area contributed by atoms with Crippen LogP contribution >= 0.6 is 0 Å². The van der Waals surface area contributed by atoms with Crippen LogP contribution in [0.2, 0.25) is 0 Å². The molecule has 33 heavy (non-hydrogen) atoms. The average Bonchev–Trinajstić information content (AvgIpc) is 2.80. The number of benzene rings is 3. The van der Waals surface area contributed by atoms with E-state index in [9.17, 15) is 28.0 Å². The number of esters is 1. The molecule has 168 valence electrons. The van der Waals surface area contributed by atoms with E-state index in [1.54, 1.807) is 24.3 Å². The lowest BCUT2D eigenvalue weighted by atomic mass is 9.94. The number of carbonyl (C=O) groups is 4. The molecule has 3 aromatic rings. The molecule has 3 aromatic carbocycles. The summed E-state index contributed by atoms with van der Waals surface area (Å²) in [6.45, 7) is -0.742. The van der Waals surface area contributed by atoms with Crippen molar-refractivity contribution < 1.29 is 32.7 Å². The van der Waals surface area contributed by atoms with Crippen molar-refractivity contribution in [3.63, 3.8) is 0 Å². The Bertz CT molecular complexity index is 1220. The van der Waals surface area contributed by atoms with E-state index in [0.717, 1.165) is 28.5 Å². The SMILES string of the molecule is O=C(COC(=O)CCCN1C(=O)c2cccc3cccc(c23)C1=O)Nc1c(F)cccc1F. The van der Waals surface area contributed by atoms with E-state index >= 15 is 0 Å². The molecule has 1 aliphatic heterocycles. The van der Waals surface area contributed by atoms with Crippen LogP contribution in [0.4, 0.5) is 14.5 Å². The molecule has 9 heteroatoms. The van der Waals surface area contributed by atoms with Crippen molar-refractivity contribution in [2.45, 2.75) is 12.8 Å². The van der Waals surface area contributed by atoms with Crippen molar-refractivity contribution in [1.29, 1.82) is 0 Å². The van der Waals surface area contributed by atoms with Gasteiger partial charge in [-0.3, -0.25) is 24.1 Å². The molecular formula is C24H18F2N2O5. The molecule has 1 N–H and O–H groups in total. The van der Waals surface area contributed by atoms with Gasteiger partial charge in [0.15, 0.2) is 6.61 Å². The summed E-state index contributed by atoms with van der Waals surface area (Å²) in [5, 5.41) is 3.42. The molecule has 0 bridgehead atoms. The molecular weight excluding hydrogens is 434 g/mol. The van der Waals surface area contributed by atoms with Gasteiger partial charge >= 0.3 is 5.97 Å². The standard InChI is InChI=1S/C24H18F2N2O5/c25-17-9-3-10-18(26)22(17)27-19(29)13-33-20(30)11-4-12-28-23(31)15-7-1-5-14-6-2-8-16(21(14)15)24(28)32/h1-3,5-10H,4,11-13H2,(H,27,29). The molecule has 0 atom stereocenters. The summed E-state index contributed by atoms with van der Waals surface area (Å²) in [7, 11) is 0. The fourth-order valence-corrected chi connectivity index (χ4v) is 3.68. The van der Waals surface area contributed by atoms with Gasteiger partial charge in [-0.05, 0) is 36.1 Å². The second-order valence-electron chi connectivity index (χ2n) is 7.38. The first-order valence-corrected chi connectivity index (χ1v) is 10.1. The van der Waals surface area contributed by atoms with E-state index < -0.39 is 47.6 Å². The first-order chi connectivity index (χ1) is 15.9. The Kier molecular flexibility index (Phi) is 6.12. The van der Waals surface area contributed by atoms with Crippen molar-refractivity contribution in [3.8, 4) is 0 Å². The van der Waals surface area contributed by atoms with Crippen LogP contribution in [0.15, 0.2) is 54.6 Å². The molecule has 0 unspecified atom stereocenters. The number of halogens is 2. The Labute approximate surface area is 186 Å². The van der Waals surface area contributed by atoms with Crippen molar-refractivity contribution in [1.82, 2.24) is 4.90 Å². The lowest BCUT2D eigenvalue weighted by Gasteiger charge is -2.27. The number of hydrogen-bond donors (Lipinski definition) is 1. The molecule has 0 saturated carbocycles. The average molecular weight is 452 g/mol. The van der Waals surface area contributed by atoms with Gasteiger partial charge in [-0.15, -0.1) is 0 Å². The van der Waals surface area contributed by atoms with Gasteiger partial charge in [0.25, 0.3) is 17.7 Å². The highest BCUT2D eigenvalue weighted by atomic mass is 19.1. The molecule has 0 radical (unpaired) electrons. The third-order valence-electron chi connectivity index (χ3n) is 5.21. The summed E-state index contributed by atoms with van der Waals surface area (Å²) in [5.74, 6) is -4.45. The summed E-state index contributed by atoms with van der Waals surface area (Å²) < 4.78 is 31.9. The molecule has 1 aliphatic rings. The lowest BCUT2D eigenvalue weighted by molar-refractivity contribution is -0.147. The van der Waals surface area contributed by atoms with Gasteiger partial charge in [-0.2, -0.15) is 0 Å². The Hall–Kier alpha value is -4.14. The predicted molar refractivity (Wildman–Crippen MR) is 114 cm³/mol. The van der Waals surface area contributed by atoms with Crippen LogP contribution in [0.25, 0.3) is 10.8 Å². The first-order valence-electron chi connectivity index (χ1n) is 10.1. The fourth-order valence-electron chi connectivity index (χ4n) is 3.68. The number of anilines is 1. The molecule has 3 amide bonds. The van der Waals surface area contributed by atoms with Gasteiger partial charge in [-0.25, -0.2) is 8.78 Å². The Morgan fingerprint density at radius 2 is 1.45 bits per heavy atom. The van der Waals surface area contributed by atoms with E-state index in [1.807, 2.05) is 17.4 Å². The highest BCUT2D eigenvalue weighted by Gasteiger charge is 2.32. The topological polar surface area (TPSA) is 92.8 Å². The molecule has 0 aliphatic carbocycles. The maximum atomic E-state index is 13.6. The normalized spacial score (nSPS) is 12.7. The first kappa shape index (κ1) is 22.1. The van der Waals surface area contributed by atoms with Crippen molar-refractivity contribution in [2.24, 2.45) is 0 Å². The van der Waals surface area contributed by atoms with Gasteiger partial charge < -0.3 is 10.1 Å². The minimum atomic E-state index is -0.956. The zero-order valence-corrected chi connectivity index (χ0v) is 17.3. The second kappa shape index (κ2) is 9.15. The van der Waals surface area contributed by atoms with E-state index in [-0.39, 0.29) is 19.4 Å². The van der Waals surface area contributed by atoms with Gasteiger partial charge in [0.05, 0.1) is 0 Å². The number of imide groups is 1. The van der Waals surface area contributed by atoms with Crippen LogP contribution < -0.4 is 5.32 Å². The van der Waals surface area contributed by atoms with E-state index in [2.05, 4.69) is 0 Å². The van der Waals surface area contributed by atoms with Crippen LogP contribution in [-0.2, 0) is 14.3 Å². The summed E-state index contributed by atoms with van der Waals surface area (Å²) >= 11 is 0. The second-order valence-corrected chi connectivity index (χ2v) is 7.38. The maximum absolute atomic E-state index is 13.6. The smallest absolute Gasteiger partial charge is 0.306 e. The maximum Gasteiger partial charge on any atom is 0.306 e. The van der Waals surface area contributed by atoms with Gasteiger partial charge in [0, 0.05) is 29.5 Å². The van der Waals surface area contributed by atoms with Crippen molar-refractivity contribution >= 4 is 40.2 Å². The predicted octanol–water partition coefficient (Wildman–Crippen LogP) is 3.68. The third kappa shape index (κ3) is 4.43. The monoisotopic (exact) mass is 452 g/mol. The zero-order valence-electron chi connectivity index (χ0n) is 17.3. The van der Waals surface area contributed by atoms with E-state index in [4.69, 9.17) is 4.74 Å². The van der Waals surface area contributed by atoms with E-state index in [1.165, 1.54) is 0 Å². The molecule has 0 aromatic heterocycles. The van der Waals surface area contributed by atoms with Crippen molar-refractivity contribution in [3.05, 3.63) is 77.4 Å². The Morgan fingerprint density at radius 1 is 0.879 bits per heavy atom. The Balaban J connectivity index is 1.30. The Morgan fingerprint density at radius 3 is 2.06 bits per heavy atom. The summed E-state index contributed by atoms with van der Waals surface area (Å²) in [5.41, 5.74) is 0.209. The lowest BCUT2D eigenvalue weighted by Crippen LogP contribution is -2.41. The number of ether oxygens (including phenoxy) is 1. The summed E-state index contributed by atoms with van der Waals surface area (Å²) in [6, 6.07) is 13.5. The number of rotatable bonds is 7. The van der Waals surface area contributed by atoms with Crippen LogP contribution in [0.5, 0.6) is 0 Å². The number of carbonyl (C=O) groups excluding carboxylic acids is 4. The molecule has 4 rings (SSSR count). The number of para-hydroxylation sites is 1. The molecule has 0 spiro atoms. The van der Waals surface area contributed by atoms with Crippen LogP contribution in [0.1, 0.15) is 33.6 Å². The minimum absolute atomic E-state index is 0.00980. The van der Waals surface area contributed by atoms with Crippen LogP contribution in [-0.4, -0.2) is 41.7 Å². The summed E-state index contributed by atoms with van der Waals surface area (Å²) in [4.78, 5) is 50.5. The fraction of sp³-hybridized carbons (Fsp3) is 0.167. The molecule has 1 heterocycles. The number of nitrogens with one attached hydrogen (secondary N) is 1. The minimum Gasteiger partial charge on any atom is -0.456 e. The number of nitrogens with zero attached hydrogens (tertiary/aromatic N) is 1. The molecule has 7 nitrogen and oxygen atoms in total. The van der Waals surface area contributed by atoms with Crippen LogP contribution in [0, 0.1) is 11.6 Å². The van der Waals surface area contributed by atoms with Gasteiger partial charge in [-0.1, -0.05) is 30.3 Å². The number of hydrogen-bond acceptors (Lipinski definition) is 5.